The Bertz CT molecular complexity index is 1020. The lowest BCUT2D eigenvalue weighted by molar-refractivity contribution is 0.114. The Morgan fingerprint density at radius 3 is 1.11 bits per heavy atom. The zero-order valence-electron chi connectivity index (χ0n) is 43.6. The van der Waals surface area contributed by atoms with Crippen molar-refractivity contribution in [2.24, 2.45) is 10.8 Å². The normalized spacial score (nSPS) is 12.8. The summed E-state index contributed by atoms with van der Waals surface area (Å²) in [5.41, 5.74) is 15.0. The maximum Gasteiger partial charge on any atom is 0.0617 e. The van der Waals surface area contributed by atoms with Crippen molar-refractivity contribution in [3.05, 3.63) is 59.1 Å². The van der Waals surface area contributed by atoms with Crippen molar-refractivity contribution < 1.29 is 9.47 Å². The highest BCUT2D eigenvalue weighted by Gasteiger charge is 2.07. The van der Waals surface area contributed by atoms with Crippen LogP contribution in [0.2, 0.25) is 0 Å². The molecule has 0 spiro atoms. The molecule has 0 heterocycles. The molecule has 6 heteroatoms. The molecule has 6 nitrogen and oxygen atoms in total. The molecule has 0 fully saturated rings. The monoisotopic (exact) mass is 897 g/mol. The van der Waals surface area contributed by atoms with Crippen molar-refractivity contribution in [1.82, 2.24) is 0 Å². The molecule has 0 bridgehead atoms. The highest BCUT2D eigenvalue weighted by Crippen LogP contribution is 2.14. The van der Waals surface area contributed by atoms with Gasteiger partial charge in [0.05, 0.1) is 19.3 Å². The molecular weight excluding hydrogens is 785 g/mol. The smallest absolute Gasteiger partial charge is 0.0617 e. The van der Waals surface area contributed by atoms with Gasteiger partial charge in [-0.3, -0.25) is 0 Å². The number of ether oxygens (including phenoxy) is 2. The van der Waals surface area contributed by atoms with Crippen LogP contribution < -0.4 is 5.73 Å². The van der Waals surface area contributed by atoms with E-state index in [1.165, 1.54) is 218 Å². The topological polar surface area (TPSA) is 93.2 Å². The second-order valence-corrected chi connectivity index (χ2v) is 18.8. The van der Waals surface area contributed by atoms with E-state index in [1.54, 1.807) is 0 Å². The van der Waals surface area contributed by atoms with Crippen LogP contribution in [0, 0.1) is 0 Å². The molecule has 0 rings (SSSR count). The lowest BCUT2D eigenvalue weighted by Gasteiger charge is -2.12. The van der Waals surface area contributed by atoms with Crippen LogP contribution in [0.5, 0.6) is 0 Å². The van der Waals surface area contributed by atoms with Crippen molar-refractivity contribution in [2.75, 3.05) is 26.4 Å². The molecular formula is C58H112N4O2. The second kappa shape index (κ2) is 61.1. The van der Waals surface area contributed by atoms with Crippen molar-refractivity contribution in [2.45, 2.75) is 297 Å². The number of rotatable bonds is 51. The number of nitrogens with two attached hydrogens (primary N) is 1. The predicted octanol–water partition coefficient (Wildman–Crippen LogP) is 19.9. The molecule has 0 radical (unpaired) electrons. The SMILES string of the molecule is CCCCC/C=C\C/C=C\CCCCCCCCOC[C@@H](N)CCCCCCCCC.CCCCC/C=C\C/C=C\CCCCCCCCOC[C@H](CCCCCCCCC)N=[N+]=[N-]. The quantitative estimate of drug-likeness (QED) is 0.0217. The third-order valence-electron chi connectivity index (χ3n) is 12.2. The molecule has 0 unspecified atom stereocenters. The van der Waals surface area contributed by atoms with E-state index in [-0.39, 0.29) is 12.1 Å². The Kier molecular flexibility index (Phi) is 61.4. The largest absolute Gasteiger partial charge is 0.381 e. The Balaban J connectivity index is 0. The van der Waals surface area contributed by atoms with Gasteiger partial charge in [0.1, 0.15) is 0 Å². The summed E-state index contributed by atoms with van der Waals surface area (Å²) in [4.78, 5) is 3.01. The lowest BCUT2D eigenvalue weighted by Crippen LogP contribution is -2.26. The minimum Gasteiger partial charge on any atom is -0.381 e. The summed E-state index contributed by atoms with van der Waals surface area (Å²) >= 11 is 0. The van der Waals surface area contributed by atoms with Gasteiger partial charge in [-0.1, -0.05) is 248 Å². The number of unbranched alkanes of at least 4 members (excludes halogenated alkanes) is 30. The highest BCUT2D eigenvalue weighted by atomic mass is 16.5. The molecule has 2 N–H and O–H groups in total. The van der Waals surface area contributed by atoms with Crippen molar-refractivity contribution in [3.63, 3.8) is 0 Å². The fourth-order valence-electron chi connectivity index (χ4n) is 7.87. The molecule has 2 atom stereocenters. The summed E-state index contributed by atoms with van der Waals surface area (Å²) in [6.07, 6.45) is 69.9. The molecule has 0 saturated heterocycles. The van der Waals surface area contributed by atoms with Crippen molar-refractivity contribution >= 4 is 0 Å². The molecule has 376 valence electrons. The van der Waals surface area contributed by atoms with Gasteiger partial charge in [0.25, 0.3) is 0 Å². The minimum absolute atomic E-state index is 0.00949. The first-order chi connectivity index (χ1) is 31.7. The third-order valence-corrected chi connectivity index (χ3v) is 12.2. The average molecular weight is 898 g/mol. The lowest BCUT2D eigenvalue weighted by atomic mass is 10.1. The van der Waals surface area contributed by atoms with E-state index in [0.29, 0.717) is 6.61 Å². The van der Waals surface area contributed by atoms with E-state index in [1.807, 2.05) is 0 Å². The zero-order chi connectivity index (χ0) is 46.8. The van der Waals surface area contributed by atoms with Gasteiger partial charge in [0, 0.05) is 24.2 Å². The van der Waals surface area contributed by atoms with Gasteiger partial charge in [-0.2, -0.15) is 0 Å². The zero-order valence-corrected chi connectivity index (χ0v) is 43.6. The number of azide groups is 1. The van der Waals surface area contributed by atoms with Crippen LogP contribution in [0.1, 0.15) is 285 Å². The first-order valence-corrected chi connectivity index (χ1v) is 28.2. The minimum atomic E-state index is 0.00949. The van der Waals surface area contributed by atoms with Gasteiger partial charge in [-0.25, -0.2) is 0 Å². The van der Waals surface area contributed by atoms with Gasteiger partial charge in [-0.15, -0.1) is 0 Å². The number of hydrogen-bond acceptors (Lipinski definition) is 4. The van der Waals surface area contributed by atoms with Gasteiger partial charge in [0.15, 0.2) is 0 Å². The summed E-state index contributed by atoms with van der Waals surface area (Å²) in [6, 6.07) is 0.246. The van der Waals surface area contributed by atoms with Crippen LogP contribution in [-0.4, -0.2) is 38.5 Å². The van der Waals surface area contributed by atoms with Gasteiger partial charge in [0.2, 0.25) is 0 Å². The average Bonchev–Trinajstić information content (AvgIpc) is 3.30. The van der Waals surface area contributed by atoms with Crippen LogP contribution in [0.15, 0.2) is 53.7 Å². The van der Waals surface area contributed by atoms with Crippen LogP contribution in [0.4, 0.5) is 0 Å². The van der Waals surface area contributed by atoms with Crippen LogP contribution >= 0.6 is 0 Å². The summed E-state index contributed by atoms with van der Waals surface area (Å²) in [5, 5.41) is 3.93. The van der Waals surface area contributed by atoms with Crippen molar-refractivity contribution in [3.8, 4) is 0 Å². The Labute approximate surface area is 400 Å². The van der Waals surface area contributed by atoms with Gasteiger partial charge < -0.3 is 15.2 Å². The molecule has 0 amide bonds. The maximum atomic E-state index is 8.78. The Morgan fingerprint density at radius 1 is 0.391 bits per heavy atom. The molecule has 0 aliphatic rings. The van der Waals surface area contributed by atoms with Crippen LogP contribution in [0.3, 0.4) is 0 Å². The van der Waals surface area contributed by atoms with E-state index in [4.69, 9.17) is 20.7 Å². The number of hydrogen-bond donors (Lipinski definition) is 1. The van der Waals surface area contributed by atoms with Gasteiger partial charge in [-0.05, 0) is 95.4 Å². The summed E-state index contributed by atoms with van der Waals surface area (Å²) in [5.74, 6) is 0. The highest BCUT2D eigenvalue weighted by molar-refractivity contribution is 4.93. The number of allylic oxidation sites excluding steroid dienone is 8. The summed E-state index contributed by atoms with van der Waals surface area (Å²) in [6.45, 7) is 12.1. The molecule has 0 aromatic carbocycles. The first-order valence-electron chi connectivity index (χ1n) is 28.2. The van der Waals surface area contributed by atoms with Gasteiger partial charge >= 0.3 is 0 Å². The van der Waals surface area contributed by atoms with Crippen LogP contribution in [0.25, 0.3) is 10.4 Å². The van der Waals surface area contributed by atoms with E-state index in [0.717, 1.165) is 58.3 Å². The molecule has 0 aromatic heterocycles. The molecule has 0 aliphatic heterocycles. The summed E-state index contributed by atoms with van der Waals surface area (Å²) < 4.78 is 11.6. The molecule has 64 heavy (non-hydrogen) atoms. The third kappa shape index (κ3) is 60.2. The standard InChI is InChI=1S/C29H55N3O.C29H57NO/c1-3-5-7-9-11-12-13-14-15-16-17-18-19-21-23-25-27-33-28-29(31-32-30)26-24-22-20-10-8-6-4-2;1-3-5-7-9-11-12-13-14-15-16-17-18-19-21-23-25-27-31-28-29(30)26-24-22-20-10-8-6-4-2/h11-12,14-15,29H,3-10,13,16-28H2,1-2H3;11-12,14-15,29H,3-10,13,16-28,30H2,1-2H3/b2*12-11-,15-14-/t2*29-/m00/s1. The fraction of sp³-hybridized carbons (Fsp3) is 0.862. The van der Waals surface area contributed by atoms with E-state index in [2.05, 4.69) is 86.3 Å². The molecule has 0 saturated carbocycles. The van der Waals surface area contributed by atoms with E-state index < -0.39 is 0 Å². The van der Waals surface area contributed by atoms with Crippen molar-refractivity contribution in [1.29, 1.82) is 0 Å². The second-order valence-electron chi connectivity index (χ2n) is 18.8. The molecule has 0 aromatic rings. The first kappa shape index (κ1) is 64.2. The fourth-order valence-corrected chi connectivity index (χ4v) is 7.87. The molecule has 0 aliphatic carbocycles. The van der Waals surface area contributed by atoms with E-state index in [9.17, 15) is 0 Å². The van der Waals surface area contributed by atoms with Crippen LogP contribution in [-0.2, 0) is 9.47 Å². The Morgan fingerprint density at radius 2 is 0.703 bits per heavy atom. The summed E-state index contributed by atoms with van der Waals surface area (Å²) in [7, 11) is 0. The Hall–Kier alpha value is -1.85. The predicted molar refractivity (Wildman–Crippen MR) is 286 cm³/mol. The number of nitrogens with zero attached hydrogens (tertiary/aromatic N) is 3. The van der Waals surface area contributed by atoms with E-state index >= 15 is 0 Å². The maximum absolute atomic E-state index is 8.78.